The molecule has 0 saturated carbocycles. The molecule has 2 aliphatic heterocycles. The number of methoxy groups -OCH3 is 1. The topological polar surface area (TPSA) is 110 Å². The van der Waals surface area contributed by atoms with Gasteiger partial charge in [0.15, 0.2) is 0 Å². The first kappa shape index (κ1) is 31.3. The highest BCUT2D eigenvalue weighted by Crippen LogP contribution is 2.42. The third kappa shape index (κ3) is 5.98. The molecule has 0 amide bonds. The molecule has 2 atom stereocenters. The van der Waals surface area contributed by atoms with Gasteiger partial charge >= 0.3 is 12.1 Å². The van der Waals surface area contributed by atoms with E-state index in [4.69, 9.17) is 24.5 Å². The van der Waals surface area contributed by atoms with Crippen LogP contribution in [0.2, 0.25) is 0 Å². The van der Waals surface area contributed by atoms with Crippen LogP contribution in [0.4, 0.5) is 17.6 Å². The Morgan fingerprint density at radius 1 is 1.20 bits per heavy atom. The molecule has 6 rings (SSSR count). The van der Waals surface area contributed by atoms with Gasteiger partial charge in [-0.05, 0) is 67.3 Å². The van der Waals surface area contributed by atoms with Crippen molar-refractivity contribution in [2.24, 2.45) is 0 Å². The average molecular weight is 639 g/mol. The maximum absolute atomic E-state index is 14.5. The van der Waals surface area contributed by atoms with Gasteiger partial charge in [-0.1, -0.05) is 6.07 Å². The molecule has 2 aliphatic rings. The van der Waals surface area contributed by atoms with Gasteiger partial charge in [0.05, 0.1) is 54.6 Å². The van der Waals surface area contributed by atoms with Gasteiger partial charge in [0, 0.05) is 24.8 Å². The lowest BCUT2D eigenvalue weighted by molar-refractivity contribution is -0.139. The molecule has 0 spiro atoms. The van der Waals surface area contributed by atoms with E-state index in [1.165, 1.54) is 31.4 Å². The van der Waals surface area contributed by atoms with Crippen molar-refractivity contribution in [3.05, 3.63) is 87.5 Å². The minimum absolute atomic E-state index is 0.0235. The molecule has 4 aromatic rings. The number of alkyl halides is 3. The fraction of sp³-hybridized carbons (Fsp3) is 0.364. The molecule has 240 valence electrons. The summed E-state index contributed by atoms with van der Waals surface area (Å²) in [5.41, 5.74) is 1.51. The number of nitriles is 1. The van der Waals surface area contributed by atoms with Crippen molar-refractivity contribution in [3.8, 4) is 17.6 Å². The Kier molecular flexibility index (Phi) is 8.35. The Labute approximate surface area is 261 Å². The number of carboxylic acids is 1. The minimum Gasteiger partial charge on any atom is -0.494 e. The summed E-state index contributed by atoms with van der Waals surface area (Å²) in [5, 5.41) is 18.7. The van der Waals surface area contributed by atoms with Crippen molar-refractivity contribution in [1.82, 2.24) is 14.5 Å². The Hall–Kier alpha value is -4.67. The summed E-state index contributed by atoms with van der Waals surface area (Å²) in [6.07, 6.45) is -3.57. The van der Waals surface area contributed by atoms with Crippen LogP contribution in [0.25, 0.3) is 11.0 Å². The third-order valence-electron chi connectivity index (χ3n) is 8.67. The summed E-state index contributed by atoms with van der Waals surface area (Å²) < 4.78 is 75.6. The van der Waals surface area contributed by atoms with Crippen LogP contribution < -0.4 is 9.47 Å². The monoisotopic (exact) mass is 638 g/mol. The van der Waals surface area contributed by atoms with Crippen molar-refractivity contribution in [1.29, 1.82) is 5.26 Å². The average Bonchev–Trinajstić information content (AvgIpc) is 3.34. The highest BCUT2D eigenvalue weighted by Gasteiger charge is 2.37. The number of hydrogen-bond acceptors (Lipinski definition) is 7. The molecule has 1 saturated heterocycles. The first-order valence-electron chi connectivity index (χ1n) is 14.7. The van der Waals surface area contributed by atoms with Gasteiger partial charge in [-0.25, -0.2) is 14.2 Å². The Morgan fingerprint density at radius 3 is 2.61 bits per heavy atom. The molecule has 0 bridgehead atoms. The van der Waals surface area contributed by atoms with E-state index in [1.807, 2.05) is 17.6 Å². The second kappa shape index (κ2) is 12.3. The fourth-order valence-electron chi connectivity index (χ4n) is 6.00. The summed E-state index contributed by atoms with van der Waals surface area (Å²) in [5.74, 6) is -1.30. The zero-order valence-corrected chi connectivity index (χ0v) is 25.0. The number of rotatable bonds is 9. The lowest BCUT2D eigenvalue weighted by Gasteiger charge is -2.36. The smallest absolute Gasteiger partial charge is 0.419 e. The van der Waals surface area contributed by atoms with E-state index in [9.17, 15) is 27.5 Å². The van der Waals surface area contributed by atoms with Gasteiger partial charge in [0.2, 0.25) is 0 Å². The van der Waals surface area contributed by atoms with Gasteiger partial charge in [0.25, 0.3) is 0 Å². The number of benzene rings is 3. The lowest BCUT2D eigenvalue weighted by atomic mass is 9.91. The fourth-order valence-corrected chi connectivity index (χ4v) is 6.00. The van der Waals surface area contributed by atoms with Crippen molar-refractivity contribution >= 4 is 17.0 Å². The number of fused-ring (bicyclic) bond motifs is 2. The number of carboxylic acid groups (broad SMARTS) is 1. The van der Waals surface area contributed by atoms with E-state index in [0.29, 0.717) is 66.4 Å². The third-order valence-corrected chi connectivity index (χ3v) is 8.67. The molecule has 9 nitrogen and oxygen atoms in total. The van der Waals surface area contributed by atoms with Crippen LogP contribution in [0.15, 0.2) is 42.5 Å². The zero-order valence-electron chi connectivity index (χ0n) is 25.0. The number of carbonyl (C=O) groups is 1. The standard InChI is InChI=1S/C33H30F4N4O5/c1-18-24-13-28(46-17-21-4-3-19(14-38)9-26(21)34)25(33(35,36)37)10-20(24)5-7-40(18)16-30-39-31-27(41(30)15-23-6-8-45-23)11-22(32(42)43)12-29(31)44-2/h3-4,9-13,18,23H,5-8,15-17H2,1-2H3,(H,42,43)/t18-,23-/m0/s1. The lowest BCUT2D eigenvalue weighted by Crippen LogP contribution is -2.36. The van der Waals surface area contributed by atoms with Gasteiger partial charge < -0.3 is 23.9 Å². The summed E-state index contributed by atoms with van der Waals surface area (Å²) >= 11 is 0. The first-order chi connectivity index (χ1) is 22.0. The predicted molar refractivity (Wildman–Crippen MR) is 157 cm³/mol. The molecule has 0 unspecified atom stereocenters. The van der Waals surface area contributed by atoms with Crippen LogP contribution in [0.1, 0.15) is 63.4 Å². The molecule has 13 heteroatoms. The van der Waals surface area contributed by atoms with Crippen LogP contribution in [-0.2, 0) is 37.0 Å². The highest BCUT2D eigenvalue weighted by atomic mass is 19.4. The van der Waals surface area contributed by atoms with Crippen molar-refractivity contribution in [3.63, 3.8) is 0 Å². The minimum atomic E-state index is -4.70. The van der Waals surface area contributed by atoms with E-state index in [2.05, 4.69) is 4.90 Å². The van der Waals surface area contributed by atoms with Gasteiger partial charge in [-0.15, -0.1) is 0 Å². The summed E-state index contributed by atoms with van der Waals surface area (Å²) in [6.45, 7) is 3.30. The molecular weight excluding hydrogens is 608 g/mol. The van der Waals surface area contributed by atoms with E-state index >= 15 is 0 Å². The Morgan fingerprint density at radius 2 is 1.98 bits per heavy atom. The largest absolute Gasteiger partial charge is 0.494 e. The van der Waals surface area contributed by atoms with Gasteiger partial charge in [0.1, 0.15) is 35.3 Å². The molecule has 1 aromatic heterocycles. The Balaban J connectivity index is 1.33. The number of nitrogens with zero attached hydrogens (tertiary/aromatic N) is 4. The summed E-state index contributed by atoms with van der Waals surface area (Å²) in [7, 11) is 1.45. The molecule has 3 heterocycles. The first-order valence-corrected chi connectivity index (χ1v) is 14.7. The molecule has 1 N–H and O–H groups in total. The number of hydrogen-bond donors (Lipinski definition) is 1. The molecular formula is C33H30F4N4O5. The van der Waals surface area contributed by atoms with Crippen molar-refractivity contribution < 1.29 is 41.7 Å². The predicted octanol–water partition coefficient (Wildman–Crippen LogP) is 6.26. The van der Waals surface area contributed by atoms with Crippen LogP contribution in [0, 0.1) is 17.1 Å². The maximum atomic E-state index is 14.5. The summed E-state index contributed by atoms with van der Waals surface area (Å²) in [6, 6.07) is 10.7. The Bertz CT molecular complexity index is 1860. The van der Waals surface area contributed by atoms with Crippen molar-refractivity contribution in [2.75, 3.05) is 20.3 Å². The normalized spacial score (nSPS) is 18.1. The molecule has 3 aromatic carbocycles. The summed E-state index contributed by atoms with van der Waals surface area (Å²) in [4.78, 5) is 18.8. The molecule has 0 aliphatic carbocycles. The van der Waals surface area contributed by atoms with Gasteiger partial charge in [-0.3, -0.25) is 4.90 Å². The van der Waals surface area contributed by atoms with Crippen LogP contribution >= 0.6 is 0 Å². The van der Waals surface area contributed by atoms with Crippen molar-refractivity contribution in [2.45, 2.75) is 57.8 Å². The molecule has 46 heavy (non-hydrogen) atoms. The van der Waals surface area contributed by atoms with E-state index in [-0.39, 0.29) is 28.8 Å². The quantitative estimate of drug-likeness (QED) is 0.214. The van der Waals surface area contributed by atoms with Crippen LogP contribution in [0.5, 0.6) is 11.5 Å². The van der Waals surface area contributed by atoms with E-state index in [1.54, 1.807) is 6.07 Å². The number of aromatic carboxylic acids is 1. The second-order valence-electron chi connectivity index (χ2n) is 11.4. The SMILES string of the molecule is COc1cc(C(=O)O)cc2c1nc(CN1CCc3cc(C(F)(F)F)c(OCc4ccc(C#N)cc4F)cc3[C@@H]1C)n2C[C@@H]1CCO1. The zero-order chi connectivity index (χ0) is 32.7. The van der Waals surface area contributed by atoms with Gasteiger partial charge in [-0.2, -0.15) is 18.4 Å². The molecule has 1 fully saturated rings. The van der Waals surface area contributed by atoms with E-state index in [0.717, 1.165) is 18.6 Å². The molecule has 0 radical (unpaired) electrons. The maximum Gasteiger partial charge on any atom is 0.419 e. The highest BCUT2D eigenvalue weighted by molar-refractivity contribution is 5.95. The van der Waals surface area contributed by atoms with E-state index < -0.39 is 35.9 Å². The number of ether oxygens (including phenoxy) is 3. The number of aromatic nitrogens is 2. The number of imidazole rings is 1. The number of halogens is 4. The van der Waals surface area contributed by atoms with Crippen LogP contribution in [0.3, 0.4) is 0 Å². The second-order valence-corrected chi connectivity index (χ2v) is 11.4. The van der Waals surface area contributed by atoms with Crippen LogP contribution in [-0.4, -0.2) is 51.9 Å².